The smallest absolute Gasteiger partial charge is 0.138 e. The maximum absolute atomic E-state index is 10.1. The molecule has 18 heavy (non-hydrogen) atoms. The van der Waals surface area contributed by atoms with Gasteiger partial charge in [0.15, 0.2) is 0 Å². The zero-order valence-corrected chi connectivity index (χ0v) is 10.7. The van der Waals surface area contributed by atoms with Gasteiger partial charge in [0.25, 0.3) is 0 Å². The Hall–Kier alpha value is -1.55. The van der Waals surface area contributed by atoms with E-state index in [-0.39, 0.29) is 0 Å². The van der Waals surface area contributed by atoms with Gasteiger partial charge in [0.1, 0.15) is 11.5 Å². The van der Waals surface area contributed by atoms with Crippen molar-refractivity contribution >= 4 is 11.5 Å². The van der Waals surface area contributed by atoms with Crippen molar-refractivity contribution in [3.63, 3.8) is 0 Å². The summed E-state index contributed by atoms with van der Waals surface area (Å²) in [6.07, 6.45) is 6.54. The number of hydrogen-bond donors (Lipinski definition) is 1. The molecule has 0 spiro atoms. The van der Waals surface area contributed by atoms with E-state index in [2.05, 4.69) is 20.4 Å². The molecule has 1 N–H and O–H groups in total. The molecule has 0 aromatic carbocycles. The molecule has 0 bridgehead atoms. The average molecular weight is 245 g/mol. The van der Waals surface area contributed by atoms with Crippen LogP contribution < -0.4 is 4.90 Å². The number of rotatable bonds is 1. The molecule has 3 rings (SSSR count). The lowest BCUT2D eigenvalue weighted by Crippen LogP contribution is -2.29. The molecule has 1 fully saturated rings. The van der Waals surface area contributed by atoms with E-state index in [0.717, 1.165) is 38.0 Å². The van der Waals surface area contributed by atoms with Crippen LogP contribution >= 0.6 is 0 Å². The maximum atomic E-state index is 10.1. The number of nitrogens with zero attached hydrogens (tertiary/aromatic N) is 3. The van der Waals surface area contributed by atoms with Crippen molar-refractivity contribution in [2.45, 2.75) is 31.8 Å². The summed E-state index contributed by atoms with van der Waals surface area (Å²) in [6.45, 7) is 3.83. The van der Waals surface area contributed by atoms with E-state index in [0.29, 0.717) is 0 Å². The third kappa shape index (κ3) is 2.08. The fourth-order valence-electron chi connectivity index (χ4n) is 2.68. The van der Waals surface area contributed by atoms with E-state index in [1.165, 1.54) is 5.82 Å². The Morgan fingerprint density at radius 3 is 3.06 bits per heavy atom. The monoisotopic (exact) mass is 245 g/mol. The van der Waals surface area contributed by atoms with Gasteiger partial charge in [0.05, 0.1) is 5.60 Å². The lowest BCUT2D eigenvalue weighted by atomic mass is 9.98. The lowest BCUT2D eigenvalue weighted by molar-refractivity contribution is 0.0481. The molecular formula is C14H19N3O. The van der Waals surface area contributed by atoms with E-state index < -0.39 is 5.60 Å². The Morgan fingerprint density at radius 2 is 2.17 bits per heavy atom. The fraction of sp³-hybridized carbons (Fsp3) is 0.500. The quantitative estimate of drug-likeness (QED) is 0.836. The van der Waals surface area contributed by atoms with E-state index in [4.69, 9.17) is 0 Å². The number of fused-ring (bicyclic) bond motifs is 1. The molecule has 3 heterocycles. The highest BCUT2D eigenvalue weighted by molar-refractivity contribution is 5.51. The van der Waals surface area contributed by atoms with Crippen LogP contribution in [0.3, 0.4) is 0 Å². The number of anilines is 1. The van der Waals surface area contributed by atoms with Crippen LogP contribution in [0.25, 0.3) is 5.65 Å². The standard InChI is InChI=1S/C14H19N3O/c1-14(18)6-3-9-16(10-7-14)13-5-2-4-12-15-8-11-17(12)13/h2,4-5,8,11,18H,3,6-7,9-10H2,1H3. The third-order valence-corrected chi connectivity index (χ3v) is 3.79. The van der Waals surface area contributed by atoms with Crippen molar-refractivity contribution in [2.24, 2.45) is 0 Å². The predicted molar refractivity (Wildman–Crippen MR) is 71.9 cm³/mol. The molecular weight excluding hydrogens is 226 g/mol. The van der Waals surface area contributed by atoms with Crippen LogP contribution in [0.4, 0.5) is 5.82 Å². The summed E-state index contributed by atoms with van der Waals surface area (Å²) in [6, 6.07) is 6.17. The first-order valence-electron chi connectivity index (χ1n) is 6.55. The van der Waals surface area contributed by atoms with Gasteiger partial charge in [0.2, 0.25) is 0 Å². The van der Waals surface area contributed by atoms with Gasteiger partial charge < -0.3 is 10.0 Å². The molecule has 96 valence electrons. The second-order valence-corrected chi connectivity index (χ2v) is 5.38. The van der Waals surface area contributed by atoms with Gasteiger partial charge in [-0.15, -0.1) is 0 Å². The highest BCUT2D eigenvalue weighted by Crippen LogP contribution is 2.25. The Labute approximate surface area is 107 Å². The maximum Gasteiger partial charge on any atom is 0.138 e. The highest BCUT2D eigenvalue weighted by atomic mass is 16.3. The fourth-order valence-corrected chi connectivity index (χ4v) is 2.68. The van der Waals surface area contributed by atoms with Gasteiger partial charge >= 0.3 is 0 Å². The molecule has 2 aromatic rings. The molecule has 1 atom stereocenters. The minimum absolute atomic E-state index is 0.516. The van der Waals surface area contributed by atoms with Crippen LogP contribution in [-0.4, -0.2) is 33.2 Å². The zero-order valence-electron chi connectivity index (χ0n) is 10.7. The number of aromatic nitrogens is 2. The summed E-state index contributed by atoms with van der Waals surface area (Å²) in [4.78, 5) is 6.66. The first-order chi connectivity index (χ1) is 8.66. The summed E-state index contributed by atoms with van der Waals surface area (Å²) < 4.78 is 2.11. The van der Waals surface area contributed by atoms with Gasteiger partial charge in [-0.25, -0.2) is 4.98 Å². The van der Waals surface area contributed by atoms with E-state index in [1.54, 1.807) is 0 Å². The van der Waals surface area contributed by atoms with E-state index in [1.807, 2.05) is 31.5 Å². The molecule has 0 amide bonds. The van der Waals surface area contributed by atoms with Crippen molar-refractivity contribution in [1.82, 2.24) is 9.38 Å². The highest BCUT2D eigenvalue weighted by Gasteiger charge is 2.25. The average Bonchev–Trinajstić information content (AvgIpc) is 2.74. The topological polar surface area (TPSA) is 40.8 Å². The number of hydrogen-bond acceptors (Lipinski definition) is 3. The Bertz CT molecular complexity index is 547. The molecule has 2 aromatic heterocycles. The molecule has 0 saturated carbocycles. The first kappa shape index (κ1) is 11.5. The molecule has 0 aliphatic carbocycles. The summed E-state index contributed by atoms with van der Waals surface area (Å²) in [5.74, 6) is 1.17. The molecule has 4 heteroatoms. The van der Waals surface area contributed by atoms with Crippen molar-refractivity contribution in [2.75, 3.05) is 18.0 Å². The molecule has 1 aliphatic heterocycles. The lowest BCUT2D eigenvalue weighted by Gasteiger charge is -2.24. The molecule has 1 saturated heterocycles. The first-order valence-corrected chi connectivity index (χ1v) is 6.55. The normalized spacial score (nSPS) is 25.3. The summed E-state index contributed by atoms with van der Waals surface area (Å²) in [5, 5.41) is 10.1. The van der Waals surface area contributed by atoms with Gasteiger partial charge in [0, 0.05) is 25.5 Å². The van der Waals surface area contributed by atoms with Crippen molar-refractivity contribution in [3.05, 3.63) is 30.6 Å². The second kappa shape index (κ2) is 4.28. The van der Waals surface area contributed by atoms with Crippen LogP contribution in [0.5, 0.6) is 0 Å². The van der Waals surface area contributed by atoms with Gasteiger partial charge in [-0.2, -0.15) is 0 Å². The van der Waals surface area contributed by atoms with Crippen LogP contribution in [0.2, 0.25) is 0 Å². The van der Waals surface area contributed by atoms with Crippen LogP contribution in [0.1, 0.15) is 26.2 Å². The minimum atomic E-state index is -0.516. The number of imidazole rings is 1. The number of pyridine rings is 1. The van der Waals surface area contributed by atoms with Crippen LogP contribution in [0, 0.1) is 0 Å². The van der Waals surface area contributed by atoms with Gasteiger partial charge in [-0.3, -0.25) is 4.40 Å². The molecule has 1 unspecified atom stereocenters. The summed E-state index contributed by atoms with van der Waals surface area (Å²) in [5.41, 5.74) is 0.459. The number of aliphatic hydroxyl groups is 1. The van der Waals surface area contributed by atoms with Crippen molar-refractivity contribution < 1.29 is 5.11 Å². The van der Waals surface area contributed by atoms with Crippen molar-refractivity contribution in [3.8, 4) is 0 Å². The Morgan fingerprint density at radius 1 is 1.28 bits per heavy atom. The third-order valence-electron chi connectivity index (χ3n) is 3.79. The SMILES string of the molecule is CC1(O)CCCN(c2cccc3nccn23)CC1. The predicted octanol–water partition coefficient (Wildman–Crippen LogP) is 2.08. The van der Waals surface area contributed by atoms with Gasteiger partial charge in [-0.1, -0.05) is 6.07 Å². The summed E-state index contributed by atoms with van der Waals surface area (Å²) >= 11 is 0. The van der Waals surface area contributed by atoms with Crippen molar-refractivity contribution in [1.29, 1.82) is 0 Å². The van der Waals surface area contributed by atoms with Gasteiger partial charge in [-0.05, 0) is 38.3 Å². The summed E-state index contributed by atoms with van der Waals surface area (Å²) in [7, 11) is 0. The minimum Gasteiger partial charge on any atom is -0.390 e. The molecule has 4 nitrogen and oxygen atoms in total. The van der Waals surface area contributed by atoms with Crippen LogP contribution in [0.15, 0.2) is 30.6 Å². The van der Waals surface area contributed by atoms with Crippen LogP contribution in [-0.2, 0) is 0 Å². The molecule has 1 aliphatic rings. The molecule has 0 radical (unpaired) electrons. The second-order valence-electron chi connectivity index (χ2n) is 5.38. The Balaban J connectivity index is 1.92. The largest absolute Gasteiger partial charge is 0.390 e. The Kier molecular flexibility index (Phi) is 2.74. The zero-order chi connectivity index (χ0) is 12.6. The van der Waals surface area contributed by atoms with E-state index in [9.17, 15) is 5.11 Å². The van der Waals surface area contributed by atoms with E-state index >= 15 is 0 Å².